The number of rotatable bonds is 7. The van der Waals surface area contributed by atoms with Gasteiger partial charge in [-0.15, -0.1) is 11.3 Å². The van der Waals surface area contributed by atoms with Gasteiger partial charge in [0, 0.05) is 18.5 Å². The van der Waals surface area contributed by atoms with E-state index in [4.69, 9.17) is 4.74 Å². The fourth-order valence-corrected chi connectivity index (χ4v) is 2.52. The predicted octanol–water partition coefficient (Wildman–Crippen LogP) is 3.22. The van der Waals surface area contributed by atoms with E-state index in [1.165, 1.54) is 4.88 Å². The van der Waals surface area contributed by atoms with Crippen LogP contribution in [0.1, 0.15) is 11.3 Å². The molecule has 20 heavy (non-hydrogen) atoms. The van der Waals surface area contributed by atoms with Gasteiger partial charge in [0.15, 0.2) is 0 Å². The smallest absolute Gasteiger partial charge is 0.225 e. The highest BCUT2D eigenvalue weighted by molar-refractivity contribution is 7.09. The Balaban J connectivity index is 1.66. The first kappa shape index (κ1) is 14.6. The first-order chi connectivity index (χ1) is 9.75. The number of nitrogens with zero attached hydrogens (tertiary/aromatic N) is 1. The van der Waals surface area contributed by atoms with E-state index in [1.807, 2.05) is 43.4 Å². The summed E-state index contributed by atoms with van der Waals surface area (Å²) in [4.78, 5) is 15.0. The highest BCUT2D eigenvalue weighted by atomic mass is 32.1. The van der Waals surface area contributed by atoms with Crippen molar-refractivity contribution in [2.24, 2.45) is 0 Å². The number of likely N-dealkylation sites (N-methyl/N-ethyl adjacent to an activating group) is 1. The van der Waals surface area contributed by atoms with Crippen LogP contribution in [0.2, 0.25) is 0 Å². The summed E-state index contributed by atoms with van der Waals surface area (Å²) in [6, 6.07) is 13.7. The van der Waals surface area contributed by atoms with Crippen LogP contribution in [0, 0.1) is 0 Å². The number of carbonyl (C=O) groups excluding carboxylic acids is 1. The van der Waals surface area contributed by atoms with Gasteiger partial charge in [0.05, 0.1) is 13.0 Å². The van der Waals surface area contributed by atoms with E-state index in [-0.39, 0.29) is 5.91 Å². The molecular formula is C16H19NO2S. The van der Waals surface area contributed by atoms with Crippen molar-refractivity contribution in [3.05, 3.63) is 52.7 Å². The number of amides is 1. The molecule has 106 valence electrons. The zero-order chi connectivity index (χ0) is 14.2. The molecule has 1 amide bonds. The van der Waals surface area contributed by atoms with Gasteiger partial charge in [-0.05, 0) is 30.0 Å². The molecule has 2 rings (SSSR count). The van der Waals surface area contributed by atoms with Crippen molar-refractivity contribution in [3.8, 4) is 5.75 Å². The number of carbonyl (C=O) groups is 1. The van der Waals surface area contributed by atoms with E-state index >= 15 is 0 Å². The second kappa shape index (κ2) is 7.70. The van der Waals surface area contributed by atoms with Gasteiger partial charge in [-0.2, -0.15) is 0 Å². The number of para-hydroxylation sites is 1. The van der Waals surface area contributed by atoms with Crippen LogP contribution in [0.3, 0.4) is 0 Å². The highest BCUT2D eigenvalue weighted by Crippen LogP contribution is 2.10. The maximum Gasteiger partial charge on any atom is 0.225 e. The molecule has 0 aliphatic carbocycles. The SMILES string of the molecule is CN(CCc1cccs1)C(=O)CCOc1ccccc1. The molecule has 0 unspecified atom stereocenters. The second-order valence-corrected chi connectivity index (χ2v) is 5.59. The van der Waals surface area contributed by atoms with Crippen molar-refractivity contribution in [1.29, 1.82) is 0 Å². The predicted molar refractivity (Wildman–Crippen MR) is 82.2 cm³/mol. The van der Waals surface area contributed by atoms with E-state index in [9.17, 15) is 4.79 Å². The second-order valence-electron chi connectivity index (χ2n) is 4.56. The maximum absolute atomic E-state index is 11.9. The average Bonchev–Trinajstić information content (AvgIpc) is 2.99. The van der Waals surface area contributed by atoms with E-state index < -0.39 is 0 Å². The molecule has 0 radical (unpaired) electrons. The molecule has 2 aromatic rings. The molecule has 1 aromatic heterocycles. The molecule has 0 N–H and O–H groups in total. The number of hydrogen-bond acceptors (Lipinski definition) is 3. The summed E-state index contributed by atoms with van der Waals surface area (Å²) in [6.07, 6.45) is 1.33. The third-order valence-electron chi connectivity index (χ3n) is 3.03. The molecule has 1 aromatic carbocycles. The van der Waals surface area contributed by atoms with Crippen LogP contribution < -0.4 is 4.74 Å². The van der Waals surface area contributed by atoms with Gasteiger partial charge in [0.1, 0.15) is 5.75 Å². The normalized spacial score (nSPS) is 10.2. The molecular weight excluding hydrogens is 270 g/mol. The number of hydrogen-bond donors (Lipinski definition) is 0. The Bertz CT molecular complexity index is 511. The Morgan fingerprint density at radius 2 is 2.00 bits per heavy atom. The zero-order valence-corrected chi connectivity index (χ0v) is 12.4. The average molecular weight is 289 g/mol. The lowest BCUT2D eigenvalue weighted by atomic mass is 10.3. The van der Waals surface area contributed by atoms with E-state index in [0.29, 0.717) is 13.0 Å². The van der Waals surface area contributed by atoms with Crippen LogP contribution in [0.15, 0.2) is 47.8 Å². The monoisotopic (exact) mass is 289 g/mol. The molecule has 0 saturated heterocycles. The molecule has 0 aliphatic heterocycles. The Kier molecular flexibility index (Phi) is 5.62. The summed E-state index contributed by atoms with van der Waals surface area (Å²) >= 11 is 1.73. The quantitative estimate of drug-likeness (QED) is 0.783. The summed E-state index contributed by atoms with van der Waals surface area (Å²) in [6.45, 7) is 1.18. The fraction of sp³-hybridized carbons (Fsp3) is 0.312. The van der Waals surface area contributed by atoms with E-state index in [1.54, 1.807) is 16.2 Å². The van der Waals surface area contributed by atoms with E-state index in [0.717, 1.165) is 18.7 Å². The van der Waals surface area contributed by atoms with Gasteiger partial charge in [-0.25, -0.2) is 0 Å². The molecule has 0 aliphatic rings. The van der Waals surface area contributed by atoms with Crippen molar-refractivity contribution < 1.29 is 9.53 Å². The van der Waals surface area contributed by atoms with Gasteiger partial charge < -0.3 is 9.64 Å². The van der Waals surface area contributed by atoms with Gasteiger partial charge in [-0.1, -0.05) is 24.3 Å². The summed E-state index contributed by atoms with van der Waals surface area (Å²) in [5, 5.41) is 2.06. The Morgan fingerprint density at radius 1 is 1.20 bits per heavy atom. The minimum Gasteiger partial charge on any atom is -0.493 e. The number of ether oxygens (including phenoxy) is 1. The zero-order valence-electron chi connectivity index (χ0n) is 11.6. The summed E-state index contributed by atoms with van der Waals surface area (Å²) in [5.74, 6) is 0.930. The molecule has 1 heterocycles. The van der Waals surface area contributed by atoms with Crippen LogP contribution in [0.5, 0.6) is 5.75 Å². The minimum absolute atomic E-state index is 0.123. The topological polar surface area (TPSA) is 29.5 Å². The van der Waals surface area contributed by atoms with Crippen molar-refractivity contribution in [3.63, 3.8) is 0 Å². The first-order valence-corrected chi connectivity index (χ1v) is 7.58. The molecule has 0 saturated carbocycles. The maximum atomic E-state index is 11.9. The third-order valence-corrected chi connectivity index (χ3v) is 3.96. The fourth-order valence-electron chi connectivity index (χ4n) is 1.82. The lowest BCUT2D eigenvalue weighted by Crippen LogP contribution is -2.29. The lowest BCUT2D eigenvalue weighted by Gasteiger charge is -2.16. The van der Waals surface area contributed by atoms with Gasteiger partial charge in [0.25, 0.3) is 0 Å². The Hall–Kier alpha value is -1.81. The Morgan fingerprint density at radius 3 is 2.70 bits per heavy atom. The molecule has 0 spiro atoms. The molecule has 4 heteroatoms. The van der Waals surface area contributed by atoms with Crippen LogP contribution in [0.4, 0.5) is 0 Å². The van der Waals surface area contributed by atoms with Crippen LogP contribution in [0.25, 0.3) is 0 Å². The third kappa shape index (κ3) is 4.70. The van der Waals surface area contributed by atoms with Crippen molar-refractivity contribution in [2.75, 3.05) is 20.2 Å². The van der Waals surface area contributed by atoms with E-state index in [2.05, 4.69) is 11.4 Å². The minimum atomic E-state index is 0.123. The number of thiophene rings is 1. The van der Waals surface area contributed by atoms with Crippen molar-refractivity contribution in [2.45, 2.75) is 12.8 Å². The van der Waals surface area contributed by atoms with Crippen molar-refractivity contribution >= 4 is 17.2 Å². The van der Waals surface area contributed by atoms with Crippen LogP contribution in [-0.2, 0) is 11.2 Å². The lowest BCUT2D eigenvalue weighted by molar-refractivity contribution is -0.130. The molecule has 3 nitrogen and oxygen atoms in total. The van der Waals surface area contributed by atoms with Crippen LogP contribution >= 0.6 is 11.3 Å². The molecule has 0 atom stereocenters. The molecule has 0 fully saturated rings. The number of benzene rings is 1. The first-order valence-electron chi connectivity index (χ1n) is 6.70. The Labute approximate surface area is 123 Å². The summed E-state index contributed by atoms with van der Waals surface area (Å²) < 4.78 is 5.53. The standard InChI is InChI=1S/C16H19NO2S/c1-17(11-9-15-8-5-13-20-15)16(18)10-12-19-14-6-3-2-4-7-14/h2-8,13H,9-12H2,1H3. The van der Waals surface area contributed by atoms with Gasteiger partial charge in [-0.3, -0.25) is 4.79 Å². The summed E-state index contributed by atoms with van der Waals surface area (Å²) in [5.41, 5.74) is 0. The largest absolute Gasteiger partial charge is 0.493 e. The van der Waals surface area contributed by atoms with Crippen molar-refractivity contribution in [1.82, 2.24) is 4.90 Å². The van der Waals surface area contributed by atoms with Gasteiger partial charge >= 0.3 is 0 Å². The van der Waals surface area contributed by atoms with Gasteiger partial charge in [0.2, 0.25) is 5.91 Å². The summed E-state index contributed by atoms with van der Waals surface area (Å²) in [7, 11) is 1.85. The highest BCUT2D eigenvalue weighted by Gasteiger charge is 2.09. The molecule has 0 bridgehead atoms. The van der Waals surface area contributed by atoms with Crippen LogP contribution in [-0.4, -0.2) is 31.0 Å².